The minimum atomic E-state index is -0.315. The summed E-state index contributed by atoms with van der Waals surface area (Å²) >= 11 is 0. The molecule has 2 aromatic carbocycles. The first kappa shape index (κ1) is 13.9. The minimum Gasteiger partial charge on any atom is -0.496 e. The Morgan fingerprint density at radius 1 is 1.24 bits per heavy atom. The largest absolute Gasteiger partial charge is 0.496 e. The van der Waals surface area contributed by atoms with Gasteiger partial charge in [0.05, 0.1) is 12.7 Å². The molecule has 2 aromatic rings. The van der Waals surface area contributed by atoms with Crippen LogP contribution in [0.2, 0.25) is 0 Å². The molecule has 1 atom stereocenters. The summed E-state index contributed by atoms with van der Waals surface area (Å²) in [6.45, 7) is 7.79. The molecule has 0 unspecified atom stereocenters. The summed E-state index contributed by atoms with van der Waals surface area (Å²) in [5.74, 6) is 0.686. The van der Waals surface area contributed by atoms with Gasteiger partial charge in [0.1, 0.15) is 11.6 Å². The highest BCUT2D eigenvalue weighted by Crippen LogP contribution is 2.40. The van der Waals surface area contributed by atoms with Crippen molar-refractivity contribution in [2.24, 2.45) is 0 Å². The summed E-state index contributed by atoms with van der Waals surface area (Å²) in [6.07, 6.45) is 3.39. The molecule has 107 valence electrons. The van der Waals surface area contributed by atoms with Crippen LogP contribution in [0.1, 0.15) is 36.0 Å². The average molecular weight is 281 g/mol. The normalized spacial score (nSPS) is 16.6. The lowest BCUT2D eigenvalue weighted by atomic mass is 9.93. The minimum absolute atomic E-state index is 0.315. The predicted octanol–water partition coefficient (Wildman–Crippen LogP) is 5.00. The molecule has 0 spiro atoms. The van der Waals surface area contributed by atoms with E-state index in [2.05, 4.69) is 13.0 Å². The Balaban J connectivity index is 2.21. The number of hydrogen-bond donors (Lipinski definition) is 0. The topological polar surface area (TPSA) is 9.23 Å². The zero-order chi connectivity index (χ0) is 15.0. The van der Waals surface area contributed by atoms with Crippen molar-refractivity contribution in [1.29, 1.82) is 0 Å². The molecular weight excluding hydrogens is 263 g/mol. The summed E-state index contributed by atoms with van der Waals surface area (Å²) in [5.41, 5.74) is 4.48. The summed E-state index contributed by atoms with van der Waals surface area (Å²) in [5, 5.41) is 0. The number of hydrogen-bond acceptors (Lipinski definition) is 1. The second-order valence-corrected chi connectivity index (χ2v) is 5.52. The van der Waals surface area contributed by atoms with Crippen LogP contribution in [-0.2, 0) is 6.42 Å². The van der Waals surface area contributed by atoms with Crippen LogP contribution in [0, 0.1) is 12.4 Å². The van der Waals surface area contributed by atoms with Crippen molar-refractivity contribution in [3.05, 3.63) is 59.4 Å². The van der Waals surface area contributed by atoms with E-state index < -0.39 is 0 Å². The highest BCUT2D eigenvalue weighted by atomic mass is 19.1. The molecule has 0 amide bonds. The van der Waals surface area contributed by atoms with Crippen LogP contribution in [0.4, 0.5) is 4.39 Å². The smallest absolute Gasteiger partial charge is 0.141 e. The monoisotopic (exact) mass is 281 g/mol. The average Bonchev–Trinajstić information content (AvgIpc) is 2.88. The van der Waals surface area contributed by atoms with Gasteiger partial charge in [-0.3, -0.25) is 0 Å². The van der Waals surface area contributed by atoms with E-state index in [-0.39, 0.29) is 5.82 Å². The molecule has 1 radical (unpaired) electrons. The predicted molar refractivity (Wildman–Crippen MR) is 83.9 cm³/mol. The molecule has 0 saturated carbocycles. The zero-order valence-electron chi connectivity index (χ0n) is 12.3. The van der Waals surface area contributed by atoms with Crippen LogP contribution in [0.15, 0.2) is 30.3 Å². The molecule has 0 fully saturated rings. The standard InChI is InChI=1S/C19H18FO/c1-4-13-18(21-3)11-10-17(19(13)20)15-7-5-6-14-12(2)8-9-16(14)15/h1,4-7,10-12H,8-9H2,2-3H3/t12-/m0/s1. The van der Waals surface area contributed by atoms with Crippen molar-refractivity contribution < 1.29 is 9.13 Å². The van der Waals surface area contributed by atoms with E-state index in [4.69, 9.17) is 11.3 Å². The van der Waals surface area contributed by atoms with Gasteiger partial charge in [0.15, 0.2) is 0 Å². The first-order chi connectivity index (χ1) is 10.2. The molecule has 2 heteroatoms. The lowest BCUT2D eigenvalue weighted by Crippen LogP contribution is -1.96. The highest BCUT2D eigenvalue weighted by Gasteiger charge is 2.23. The van der Waals surface area contributed by atoms with Gasteiger partial charge in [0.2, 0.25) is 0 Å². The van der Waals surface area contributed by atoms with Crippen molar-refractivity contribution in [2.75, 3.05) is 7.11 Å². The number of ether oxygens (including phenoxy) is 1. The molecule has 0 bridgehead atoms. The first-order valence-corrected chi connectivity index (χ1v) is 7.21. The van der Waals surface area contributed by atoms with Gasteiger partial charge in [-0.2, -0.15) is 0 Å². The number of benzene rings is 2. The Hall–Kier alpha value is -2.09. The fourth-order valence-corrected chi connectivity index (χ4v) is 3.23. The molecule has 1 aliphatic carbocycles. The van der Waals surface area contributed by atoms with Crippen molar-refractivity contribution >= 4 is 6.08 Å². The van der Waals surface area contributed by atoms with E-state index >= 15 is 0 Å². The van der Waals surface area contributed by atoms with E-state index in [1.807, 2.05) is 12.1 Å². The summed E-state index contributed by atoms with van der Waals surface area (Å²) < 4.78 is 19.9. The SMILES string of the molecule is [CH]=Cc1c(OC)ccc(-c2cccc3c2CC[C@@H]3C)c1F. The number of methoxy groups -OCH3 is 1. The van der Waals surface area contributed by atoms with Crippen molar-refractivity contribution in [2.45, 2.75) is 25.7 Å². The highest BCUT2D eigenvalue weighted by molar-refractivity contribution is 5.75. The van der Waals surface area contributed by atoms with E-state index in [1.165, 1.54) is 24.3 Å². The quantitative estimate of drug-likeness (QED) is 0.769. The lowest BCUT2D eigenvalue weighted by Gasteiger charge is -2.14. The fraction of sp³-hybridized carbons (Fsp3) is 0.263. The van der Waals surface area contributed by atoms with Crippen molar-refractivity contribution in [3.8, 4) is 16.9 Å². The molecule has 1 nitrogen and oxygen atoms in total. The third kappa shape index (κ3) is 2.15. The molecule has 0 heterocycles. The summed E-state index contributed by atoms with van der Waals surface area (Å²) in [6, 6.07) is 9.69. The van der Waals surface area contributed by atoms with Crippen LogP contribution in [0.25, 0.3) is 17.2 Å². The fourth-order valence-electron chi connectivity index (χ4n) is 3.23. The Morgan fingerprint density at radius 2 is 2.05 bits per heavy atom. The molecule has 1 aliphatic rings. The van der Waals surface area contributed by atoms with Crippen LogP contribution < -0.4 is 4.74 Å². The van der Waals surface area contributed by atoms with Gasteiger partial charge in [-0.1, -0.05) is 31.7 Å². The number of fused-ring (bicyclic) bond motifs is 1. The molecule has 0 aromatic heterocycles. The maximum atomic E-state index is 14.8. The second kappa shape index (κ2) is 5.36. The number of rotatable bonds is 3. The molecule has 0 aliphatic heterocycles. The number of halogens is 1. The molecule has 21 heavy (non-hydrogen) atoms. The molecule has 0 saturated heterocycles. The van der Waals surface area contributed by atoms with Crippen molar-refractivity contribution in [3.63, 3.8) is 0 Å². The maximum absolute atomic E-state index is 14.8. The van der Waals surface area contributed by atoms with E-state index in [1.54, 1.807) is 12.1 Å². The van der Waals surface area contributed by atoms with Crippen LogP contribution >= 0.6 is 0 Å². The maximum Gasteiger partial charge on any atom is 0.141 e. The van der Waals surface area contributed by atoms with Gasteiger partial charge in [-0.25, -0.2) is 4.39 Å². The molecule has 3 rings (SSSR count). The summed E-state index contributed by atoms with van der Waals surface area (Å²) in [7, 11) is 1.52. The van der Waals surface area contributed by atoms with Crippen LogP contribution in [0.3, 0.4) is 0 Å². The van der Waals surface area contributed by atoms with E-state index in [0.29, 0.717) is 22.8 Å². The van der Waals surface area contributed by atoms with Gasteiger partial charge in [0, 0.05) is 5.56 Å². The van der Waals surface area contributed by atoms with Crippen molar-refractivity contribution in [1.82, 2.24) is 0 Å². The Bertz CT molecular complexity index is 703. The Kier molecular flexibility index (Phi) is 3.54. The van der Waals surface area contributed by atoms with Gasteiger partial charge in [-0.15, -0.1) is 0 Å². The molecular formula is C19H18FO. The lowest BCUT2D eigenvalue weighted by molar-refractivity contribution is 0.410. The summed E-state index contributed by atoms with van der Waals surface area (Å²) in [4.78, 5) is 0. The first-order valence-electron chi connectivity index (χ1n) is 7.21. The van der Waals surface area contributed by atoms with Gasteiger partial charge >= 0.3 is 0 Å². The van der Waals surface area contributed by atoms with Gasteiger partial charge in [0.25, 0.3) is 0 Å². The second-order valence-electron chi connectivity index (χ2n) is 5.52. The zero-order valence-corrected chi connectivity index (χ0v) is 12.3. The van der Waals surface area contributed by atoms with Gasteiger partial charge < -0.3 is 4.74 Å². The third-order valence-corrected chi connectivity index (χ3v) is 4.39. The Labute approximate surface area is 125 Å². The van der Waals surface area contributed by atoms with Gasteiger partial charge in [-0.05, 0) is 53.7 Å². The third-order valence-electron chi connectivity index (χ3n) is 4.39. The molecule has 0 N–H and O–H groups in total. The van der Waals surface area contributed by atoms with Crippen LogP contribution in [-0.4, -0.2) is 7.11 Å². The van der Waals surface area contributed by atoms with Crippen LogP contribution in [0.5, 0.6) is 5.75 Å². The van der Waals surface area contributed by atoms with E-state index in [9.17, 15) is 4.39 Å². The Morgan fingerprint density at radius 3 is 2.76 bits per heavy atom. The van der Waals surface area contributed by atoms with E-state index in [0.717, 1.165) is 18.4 Å².